The number of carbonyl (C=O) groups excluding carboxylic acids is 1. The predicted octanol–water partition coefficient (Wildman–Crippen LogP) is 3.74. The minimum Gasteiger partial charge on any atom is -0.435 e. The number of rotatable bonds is 12. The molecule has 3 N–H and O–H groups in total. The average Bonchev–Trinajstić information content (AvgIpc) is 3.25. The van der Waals surface area contributed by atoms with E-state index in [1.807, 2.05) is 31.2 Å². The Morgan fingerprint density at radius 2 is 1.91 bits per heavy atom. The van der Waals surface area contributed by atoms with Crippen molar-refractivity contribution in [2.45, 2.75) is 57.9 Å². The SMILES string of the molecule is CC[C@@H](NCCc1ccc(C(=O)N(C)CC2=NNC(C)C2)cc1)[C@H](O)c1ccc(OC(F)F)cc1. The van der Waals surface area contributed by atoms with Crippen LogP contribution in [-0.4, -0.2) is 60.5 Å². The smallest absolute Gasteiger partial charge is 0.387 e. The van der Waals surface area contributed by atoms with Crippen LogP contribution in [0.15, 0.2) is 53.6 Å². The molecule has 0 aromatic heterocycles. The summed E-state index contributed by atoms with van der Waals surface area (Å²) in [6, 6.07) is 13.7. The Kier molecular flexibility index (Phi) is 9.56. The van der Waals surface area contributed by atoms with Gasteiger partial charge in [0.2, 0.25) is 0 Å². The quantitative estimate of drug-likeness (QED) is 0.424. The van der Waals surface area contributed by atoms with Crippen LogP contribution in [0.1, 0.15) is 54.3 Å². The summed E-state index contributed by atoms with van der Waals surface area (Å²) >= 11 is 0. The van der Waals surface area contributed by atoms with Gasteiger partial charge in [0.1, 0.15) is 5.75 Å². The topological polar surface area (TPSA) is 86.2 Å². The number of amides is 1. The number of hydrogen-bond donors (Lipinski definition) is 3. The molecule has 0 bridgehead atoms. The lowest BCUT2D eigenvalue weighted by molar-refractivity contribution is -0.0498. The maximum atomic E-state index is 12.7. The second-order valence-corrected chi connectivity index (χ2v) is 8.88. The van der Waals surface area contributed by atoms with E-state index >= 15 is 0 Å². The molecular formula is C26H34F2N4O3. The zero-order valence-electron chi connectivity index (χ0n) is 20.4. The number of aliphatic hydroxyl groups excluding tert-OH is 1. The fourth-order valence-electron chi connectivity index (χ4n) is 4.09. The molecule has 1 amide bonds. The second kappa shape index (κ2) is 12.6. The highest BCUT2D eigenvalue weighted by atomic mass is 19.3. The van der Waals surface area contributed by atoms with Crippen LogP contribution in [-0.2, 0) is 6.42 Å². The van der Waals surface area contributed by atoms with E-state index in [-0.39, 0.29) is 17.7 Å². The van der Waals surface area contributed by atoms with Gasteiger partial charge in [0.15, 0.2) is 0 Å². The number of carbonyl (C=O) groups is 1. The molecule has 1 unspecified atom stereocenters. The van der Waals surface area contributed by atoms with Crippen LogP contribution in [0.4, 0.5) is 8.78 Å². The van der Waals surface area contributed by atoms with Crippen molar-refractivity contribution in [3.05, 3.63) is 65.2 Å². The van der Waals surface area contributed by atoms with Crippen LogP contribution >= 0.6 is 0 Å². The normalized spacial score (nSPS) is 17.0. The minimum absolute atomic E-state index is 0.0453. The predicted molar refractivity (Wildman–Crippen MR) is 132 cm³/mol. The molecule has 1 heterocycles. The minimum atomic E-state index is -2.88. The molecule has 7 nitrogen and oxygen atoms in total. The summed E-state index contributed by atoms with van der Waals surface area (Å²) in [5.74, 6) is 0.0139. The van der Waals surface area contributed by atoms with Crippen molar-refractivity contribution in [2.75, 3.05) is 20.1 Å². The van der Waals surface area contributed by atoms with E-state index in [0.717, 1.165) is 24.1 Å². The van der Waals surface area contributed by atoms with E-state index in [9.17, 15) is 18.7 Å². The zero-order valence-corrected chi connectivity index (χ0v) is 20.4. The van der Waals surface area contributed by atoms with Gasteiger partial charge in [-0.25, -0.2) is 0 Å². The summed E-state index contributed by atoms with van der Waals surface area (Å²) < 4.78 is 29.0. The van der Waals surface area contributed by atoms with Crippen molar-refractivity contribution in [3.8, 4) is 5.75 Å². The van der Waals surface area contributed by atoms with Crippen LogP contribution < -0.4 is 15.5 Å². The first kappa shape index (κ1) is 26.6. The maximum absolute atomic E-state index is 12.7. The van der Waals surface area contributed by atoms with Crippen molar-refractivity contribution in [2.24, 2.45) is 5.10 Å². The van der Waals surface area contributed by atoms with E-state index < -0.39 is 12.7 Å². The molecule has 0 spiro atoms. The van der Waals surface area contributed by atoms with Gasteiger partial charge in [-0.1, -0.05) is 31.2 Å². The number of nitrogens with zero attached hydrogens (tertiary/aromatic N) is 2. The molecule has 9 heteroatoms. The first-order valence-electron chi connectivity index (χ1n) is 11.9. The average molecular weight is 489 g/mol. The molecule has 2 aromatic rings. The summed E-state index contributed by atoms with van der Waals surface area (Å²) in [6.07, 6.45) is 1.49. The maximum Gasteiger partial charge on any atom is 0.387 e. The van der Waals surface area contributed by atoms with Gasteiger partial charge in [-0.3, -0.25) is 4.79 Å². The van der Waals surface area contributed by atoms with Crippen LogP contribution in [0, 0.1) is 0 Å². The van der Waals surface area contributed by atoms with E-state index in [2.05, 4.69) is 27.5 Å². The number of hydrazone groups is 1. The number of nitrogens with one attached hydrogen (secondary N) is 2. The Hall–Kier alpha value is -3.04. The van der Waals surface area contributed by atoms with Gasteiger partial charge < -0.3 is 25.5 Å². The van der Waals surface area contributed by atoms with Gasteiger partial charge in [-0.2, -0.15) is 13.9 Å². The van der Waals surface area contributed by atoms with Crippen molar-refractivity contribution in [1.82, 2.24) is 15.6 Å². The highest BCUT2D eigenvalue weighted by Gasteiger charge is 2.20. The fraction of sp³-hybridized carbons (Fsp3) is 0.462. The lowest BCUT2D eigenvalue weighted by Crippen LogP contribution is -2.35. The van der Waals surface area contributed by atoms with E-state index in [0.29, 0.717) is 36.7 Å². The fourth-order valence-corrected chi connectivity index (χ4v) is 4.09. The number of aliphatic hydroxyl groups is 1. The number of ether oxygens (including phenoxy) is 1. The van der Waals surface area contributed by atoms with Gasteiger partial charge in [-0.05, 0) is 61.7 Å². The highest BCUT2D eigenvalue weighted by molar-refractivity contribution is 5.98. The van der Waals surface area contributed by atoms with Crippen LogP contribution in [0.3, 0.4) is 0 Å². The van der Waals surface area contributed by atoms with Crippen molar-refractivity contribution in [3.63, 3.8) is 0 Å². The summed E-state index contributed by atoms with van der Waals surface area (Å²) in [4.78, 5) is 14.4. The lowest BCUT2D eigenvalue weighted by Gasteiger charge is -2.23. The number of halogens is 2. The van der Waals surface area contributed by atoms with Crippen molar-refractivity contribution < 1.29 is 23.4 Å². The third-order valence-corrected chi connectivity index (χ3v) is 6.04. The molecule has 3 atom stereocenters. The molecule has 190 valence electrons. The summed E-state index contributed by atoms with van der Waals surface area (Å²) in [5.41, 5.74) is 6.33. The number of benzene rings is 2. The van der Waals surface area contributed by atoms with Crippen LogP contribution in [0.2, 0.25) is 0 Å². The third-order valence-electron chi connectivity index (χ3n) is 6.04. The molecule has 0 saturated carbocycles. The first-order chi connectivity index (χ1) is 16.8. The molecule has 0 saturated heterocycles. The Morgan fingerprint density at radius 1 is 1.23 bits per heavy atom. The Balaban J connectivity index is 1.47. The van der Waals surface area contributed by atoms with Gasteiger partial charge in [0.05, 0.1) is 18.4 Å². The largest absolute Gasteiger partial charge is 0.435 e. The summed E-state index contributed by atoms with van der Waals surface area (Å²) in [7, 11) is 1.78. The van der Waals surface area contributed by atoms with Gasteiger partial charge in [0, 0.05) is 31.1 Å². The molecule has 3 rings (SSSR count). The third kappa shape index (κ3) is 7.73. The van der Waals surface area contributed by atoms with E-state index in [1.54, 1.807) is 24.1 Å². The molecule has 1 aliphatic heterocycles. The standard InChI is InChI=1S/C26H34F2N4O3/c1-4-23(24(33)19-9-11-22(12-10-19)35-26(27)28)29-14-13-18-5-7-20(8-6-18)25(34)32(3)16-21-15-17(2)30-31-21/h5-12,17,23-24,26,29-30,33H,4,13-16H2,1-3H3/t17?,23-,24-/m1/s1. The second-order valence-electron chi connectivity index (χ2n) is 8.88. The molecular weight excluding hydrogens is 454 g/mol. The summed E-state index contributed by atoms with van der Waals surface area (Å²) in [5, 5.41) is 18.3. The van der Waals surface area contributed by atoms with Crippen LogP contribution in [0.25, 0.3) is 0 Å². The van der Waals surface area contributed by atoms with Crippen LogP contribution in [0.5, 0.6) is 5.75 Å². The monoisotopic (exact) mass is 488 g/mol. The van der Waals surface area contributed by atoms with Gasteiger partial charge >= 0.3 is 6.61 Å². The molecule has 0 radical (unpaired) electrons. The highest BCUT2D eigenvalue weighted by Crippen LogP contribution is 2.23. The molecule has 0 fully saturated rings. The van der Waals surface area contributed by atoms with E-state index in [1.165, 1.54) is 12.1 Å². The zero-order chi connectivity index (χ0) is 25.4. The lowest BCUT2D eigenvalue weighted by atomic mass is 9.99. The molecule has 2 aromatic carbocycles. The van der Waals surface area contributed by atoms with E-state index in [4.69, 9.17) is 0 Å². The Labute approximate surface area is 205 Å². The Bertz CT molecular complexity index is 983. The van der Waals surface area contributed by atoms with Gasteiger partial charge in [-0.15, -0.1) is 0 Å². The molecule has 0 aliphatic carbocycles. The number of alkyl halides is 2. The molecule has 35 heavy (non-hydrogen) atoms. The number of hydrogen-bond acceptors (Lipinski definition) is 6. The summed E-state index contributed by atoms with van der Waals surface area (Å²) in [6.45, 7) is 2.29. The Morgan fingerprint density at radius 3 is 2.49 bits per heavy atom. The van der Waals surface area contributed by atoms with Gasteiger partial charge in [0.25, 0.3) is 5.91 Å². The molecule has 1 aliphatic rings. The first-order valence-corrected chi connectivity index (χ1v) is 11.9. The van der Waals surface area contributed by atoms with Crippen molar-refractivity contribution in [1.29, 1.82) is 0 Å². The van der Waals surface area contributed by atoms with Crippen molar-refractivity contribution >= 4 is 11.6 Å².